The molecule has 0 radical (unpaired) electrons. The number of benzene rings is 2. The molecule has 0 bridgehead atoms. The third-order valence-electron chi connectivity index (χ3n) is 2.49. The number of carbonyl (C=O) groups excluding carboxylic acids is 1. The van der Waals surface area contributed by atoms with Crippen LogP contribution in [0.5, 0.6) is 0 Å². The van der Waals surface area contributed by atoms with E-state index in [-0.39, 0.29) is 10.7 Å². The van der Waals surface area contributed by atoms with Gasteiger partial charge in [0.2, 0.25) is 0 Å². The Bertz CT molecular complexity index is 692. The highest BCUT2D eigenvalue weighted by atomic mass is 35.5. The normalized spacial score (nSPS) is 10.4. The van der Waals surface area contributed by atoms with Crippen molar-refractivity contribution < 1.29 is 13.6 Å². The summed E-state index contributed by atoms with van der Waals surface area (Å²) >= 11 is 11.3. The molecule has 1 amide bonds. The van der Waals surface area contributed by atoms with E-state index in [0.29, 0.717) is 11.8 Å². The first-order valence-electron chi connectivity index (χ1n) is 5.39. The molecular weight excluding hydrogens is 309 g/mol. The second-order valence-electron chi connectivity index (χ2n) is 3.94. The summed E-state index contributed by atoms with van der Waals surface area (Å²) in [6.07, 6.45) is 0. The van der Waals surface area contributed by atoms with Crippen LogP contribution in [0.3, 0.4) is 0 Å². The van der Waals surface area contributed by atoms with Gasteiger partial charge in [-0.15, -0.1) is 0 Å². The Balaban J connectivity index is 2.33. The van der Waals surface area contributed by atoms with Gasteiger partial charge in [0.25, 0.3) is 5.91 Å². The molecule has 0 fully saturated rings. The van der Waals surface area contributed by atoms with Crippen molar-refractivity contribution in [1.82, 2.24) is 0 Å². The summed E-state index contributed by atoms with van der Waals surface area (Å²) in [5, 5.41) is 2.18. The third-order valence-corrected chi connectivity index (χ3v) is 3.11. The van der Waals surface area contributed by atoms with Crippen molar-refractivity contribution in [3.8, 4) is 0 Å². The second-order valence-corrected chi connectivity index (χ2v) is 4.75. The van der Waals surface area contributed by atoms with Gasteiger partial charge in [-0.1, -0.05) is 23.2 Å². The molecule has 7 heteroatoms. The zero-order chi connectivity index (χ0) is 14.9. The summed E-state index contributed by atoms with van der Waals surface area (Å²) in [6.45, 7) is 0. The number of nitrogen functional groups attached to an aromatic ring is 1. The number of carbonyl (C=O) groups is 1. The van der Waals surface area contributed by atoms with Gasteiger partial charge in [0.15, 0.2) is 0 Å². The molecule has 20 heavy (non-hydrogen) atoms. The maximum Gasteiger partial charge on any atom is 0.258 e. The summed E-state index contributed by atoms with van der Waals surface area (Å²) < 4.78 is 26.9. The average molecular weight is 317 g/mol. The Morgan fingerprint density at radius 2 is 1.75 bits per heavy atom. The zero-order valence-electron chi connectivity index (χ0n) is 9.88. The topological polar surface area (TPSA) is 55.1 Å². The summed E-state index contributed by atoms with van der Waals surface area (Å²) in [7, 11) is 0. The van der Waals surface area contributed by atoms with E-state index in [4.69, 9.17) is 28.9 Å². The highest BCUT2D eigenvalue weighted by Gasteiger charge is 2.16. The Morgan fingerprint density at radius 3 is 2.45 bits per heavy atom. The molecular formula is C13H8Cl2F2N2O. The number of hydrogen-bond donors (Lipinski definition) is 2. The maximum atomic E-state index is 13.6. The molecule has 0 aliphatic carbocycles. The number of anilines is 2. The second kappa shape index (κ2) is 5.64. The number of halogens is 4. The smallest absolute Gasteiger partial charge is 0.258 e. The minimum absolute atomic E-state index is 0.200. The van der Waals surface area contributed by atoms with E-state index in [0.717, 1.165) is 6.07 Å². The van der Waals surface area contributed by atoms with Crippen LogP contribution in [0.1, 0.15) is 10.4 Å². The van der Waals surface area contributed by atoms with E-state index < -0.39 is 28.1 Å². The molecule has 2 aromatic carbocycles. The molecule has 3 nitrogen and oxygen atoms in total. The molecule has 0 aliphatic rings. The van der Waals surface area contributed by atoms with Gasteiger partial charge >= 0.3 is 0 Å². The van der Waals surface area contributed by atoms with Gasteiger partial charge in [0, 0.05) is 5.69 Å². The molecule has 3 N–H and O–H groups in total. The monoisotopic (exact) mass is 316 g/mol. The SMILES string of the molecule is Nc1ccc(Cl)c(NC(=O)c2cc(F)c(Cl)cc2F)c1. The van der Waals surface area contributed by atoms with Crippen LogP contribution in [0.15, 0.2) is 30.3 Å². The predicted molar refractivity (Wildman–Crippen MR) is 75.2 cm³/mol. The lowest BCUT2D eigenvalue weighted by Gasteiger charge is -2.09. The van der Waals surface area contributed by atoms with E-state index in [2.05, 4.69) is 5.32 Å². The van der Waals surface area contributed by atoms with Crippen LogP contribution in [-0.2, 0) is 0 Å². The summed E-state index contributed by atoms with van der Waals surface area (Å²) in [6, 6.07) is 5.87. The Morgan fingerprint density at radius 1 is 1.05 bits per heavy atom. The molecule has 0 saturated heterocycles. The summed E-state index contributed by atoms with van der Waals surface area (Å²) in [4.78, 5) is 11.9. The van der Waals surface area contributed by atoms with Crippen LogP contribution in [0.2, 0.25) is 10.0 Å². The van der Waals surface area contributed by atoms with Crippen molar-refractivity contribution in [2.75, 3.05) is 11.1 Å². The van der Waals surface area contributed by atoms with Crippen molar-refractivity contribution in [1.29, 1.82) is 0 Å². The minimum Gasteiger partial charge on any atom is -0.399 e. The van der Waals surface area contributed by atoms with Gasteiger partial charge in [-0.25, -0.2) is 8.78 Å². The molecule has 104 valence electrons. The van der Waals surface area contributed by atoms with Gasteiger partial charge < -0.3 is 11.1 Å². The number of amides is 1. The lowest BCUT2D eigenvalue weighted by Crippen LogP contribution is -2.14. The number of rotatable bonds is 2. The highest BCUT2D eigenvalue weighted by Crippen LogP contribution is 2.26. The molecule has 0 spiro atoms. The number of nitrogens with two attached hydrogens (primary N) is 1. The van der Waals surface area contributed by atoms with Crippen LogP contribution in [0, 0.1) is 11.6 Å². The van der Waals surface area contributed by atoms with Gasteiger partial charge in [-0.05, 0) is 30.3 Å². The molecule has 0 unspecified atom stereocenters. The molecule has 2 rings (SSSR count). The van der Waals surface area contributed by atoms with Gasteiger partial charge in [-0.2, -0.15) is 0 Å². The largest absolute Gasteiger partial charge is 0.399 e. The molecule has 0 aliphatic heterocycles. The Kier molecular flexibility index (Phi) is 4.11. The van der Waals surface area contributed by atoms with Crippen LogP contribution < -0.4 is 11.1 Å². The van der Waals surface area contributed by atoms with Gasteiger partial charge in [0.1, 0.15) is 11.6 Å². The summed E-state index contributed by atoms with van der Waals surface area (Å²) in [5.74, 6) is -2.68. The molecule has 0 atom stereocenters. The average Bonchev–Trinajstić information content (AvgIpc) is 2.38. The van der Waals surface area contributed by atoms with Crippen LogP contribution in [-0.4, -0.2) is 5.91 Å². The van der Waals surface area contributed by atoms with E-state index in [1.165, 1.54) is 12.1 Å². The number of hydrogen-bond acceptors (Lipinski definition) is 2. The highest BCUT2D eigenvalue weighted by molar-refractivity contribution is 6.34. The zero-order valence-corrected chi connectivity index (χ0v) is 11.4. The van der Waals surface area contributed by atoms with Crippen LogP contribution in [0.25, 0.3) is 0 Å². The van der Waals surface area contributed by atoms with E-state index in [1.54, 1.807) is 6.07 Å². The first-order chi connectivity index (χ1) is 9.38. The van der Waals surface area contributed by atoms with Crippen LogP contribution >= 0.6 is 23.2 Å². The summed E-state index contributed by atoms with van der Waals surface area (Å²) in [5.41, 5.74) is 5.64. The fourth-order valence-corrected chi connectivity index (χ4v) is 1.84. The number of nitrogens with one attached hydrogen (secondary N) is 1. The van der Waals surface area contributed by atoms with Crippen molar-refractivity contribution in [2.45, 2.75) is 0 Å². The lowest BCUT2D eigenvalue weighted by atomic mass is 10.2. The maximum absolute atomic E-state index is 13.6. The molecule has 2 aromatic rings. The fraction of sp³-hybridized carbons (Fsp3) is 0. The molecule has 0 saturated carbocycles. The molecule has 0 aromatic heterocycles. The first-order valence-corrected chi connectivity index (χ1v) is 6.15. The van der Waals surface area contributed by atoms with Crippen molar-refractivity contribution >= 4 is 40.5 Å². The van der Waals surface area contributed by atoms with E-state index in [1.807, 2.05) is 0 Å². The van der Waals surface area contributed by atoms with Gasteiger partial charge in [-0.3, -0.25) is 4.79 Å². The standard InChI is InChI=1S/C13H8Cl2F2N2O/c14-8-2-1-6(18)3-12(8)19-13(20)7-4-11(17)9(15)5-10(7)16/h1-5H,18H2,(H,19,20). The van der Waals surface area contributed by atoms with E-state index in [9.17, 15) is 13.6 Å². The molecule has 0 heterocycles. The Hall–Kier alpha value is -1.85. The Labute approximate surface area is 123 Å². The minimum atomic E-state index is -0.936. The quantitative estimate of drug-likeness (QED) is 0.647. The predicted octanol–water partition coefficient (Wildman–Crippen LogP) is 4.11. The van der Waals surface area contributed by atoms with Crippen molar-refractivity contribution in [2.24, 2.45) is 0 Å². The van der Waals surface area contributed by atoms with Crippen molar-refractivity contribution in [3.05, 3.63) is 57.6 Å². The lowest BCUT2D eigenvalue weighted by molar-refractivity contribution is 0.102. The third kappa shape index (κ3) is 3.00. The fourth-order valence-electron chi connectivity index (χ4n) is 1.52. The first kappa shape index (κ1) is 14.6. The van der Waals surface area contributed by atoms with E-state index >= 15 is 0 Å². The van der Waals surface area contributed by atoms with Crippen molar-refractivity contribution in [3.63, 3.8) is 0 Å². The van der Waals surface area contributed by atoms with Gasteiger partial charge in [0.05, 0.1) is 21.3 Å². The van der Waals surface area contributed by atoms with Crippen LogP contribution in [0.4, 0.5) is 20.2 Å².